The maximum Gasteiger partial charge on any atom is 0.307 e. The average molecular weight is 503 g/mol. The Bertz CT molecular complexity index is 1070. The highest BCUT2D eigenvalue weighted by Crippen LogP contribution is 2.69. The second-order valence-corrected chi connectivity index (χ2v) is 12.4. The molecule has 0 unspecified atom stereocenters. The standard InChI is InChI=1S/C28H38O8/c1-14-23(33)27(7)12-21(31)28(8)18-11-19(35-15(2)29)24(36-16(3)30)25(4,5)17(18)9-10-20(28)26(27,6)13-22(32)34-14/h9,14,18-20,24H,10-13H2,1-8H3/t14-,18+,19-,20-,24+,26-,27+,28-/m0/s1. The van der Waals surface area contributed by atoms with Crippen LogP contribution in [0.1, 0.15) is 81.1 Å². The molecule has 1 saturated heterocycles. The molecule has 8 heteroatoms. The Labute approximate surface area is 212 Å². The Morgan fingerprint density at radius 3 is 2.17 bits per heavy atom. The van der Waals surface area contributed by atoms with Crippen molar-refractivity contribution in [2.75, 3.05) is 0 Å². The lowest BCUT2D eigenvalue weighted by Crippen LogP contribution is -2.66. The molecule has 3 aliphatic carbocycles. The largest absolute Gasteiger partial charge is 0.459 e. The van der Waals surface area contributed by atoms with E-state index in [1.165, 1.54) is 13.8 Å². The van der Waals surface area contributed by atoms with E-state index in [2.05, 4.69) is 6.08 Å². The van der Waals surface area contributed by atoms with Crippen LogP contribution in [0.4, 0.5) is 0 Å². The van der Waals surface area contributed by atoms with Gasteiger partial charge in [-0.05, 0) is 37.0 Å². The fourth-order valence-electron chi connectivity index (χ4n) is 8.13. The SMILES string of the molecule is CC(=O)O[C@H]1C[C@@H]2C(=CC[C@@H]3[C@@]2(C)C(=O)C[C@]2(C)C(=O)[C@H](C)OC(=O)C[C@@]32C)C(C)(C)[C@@H]1OC(C)=O. The molecule has 0 aromatic heterocycles. The van der Waals surface area contributed by atoms with Crippen molar-refractivity contribution < 1.29 is 38.2 Å². The van der Waals surface area contributed by atoms with Gasteiger partial charge in [0.25, 0.3) is 0 Å². The van der Waals surface area contributed by atoms with Crippen molar-refractivity contribution >= 4 is 29.5 Å². The van der Waals surface area contributed by atoms with Crippen molar-refractivity contribution in [3.63, 3.8) is 0 Å². The van der Waals surface area contributed by atoms with Gasteiger partial charge >= 0.3 is 17.9 Å². The zero-order valence-electron chi connectivity index (χ0n) is 22.6. The summed E-state index contributed by atoms with van der Waals surface area (Å²) in [6.45, 7) is 13.8. The zero-order chi connectivity index (χ0) is 27.0. The van der Waals surface area contributed by atoms with E-state index >= 15 is 0 Å². The number of fused-ring (bicyclic) bond motifs is 5. The van der Waals surface area contributed by atoms with Gasteiger partial charge in [0.05, 0.1) is 6.42 Å². The predicted molar refractivity (Wildman–Crippen MR) is 128 cm³/mol. The molecule has 198 valence electrons. The smallest absolute Gasteiger partial charge is 0.307 e. The highest BCUT2D eigenvalue weighted by Gasteiger charge is 2.71. The maximum absolute atomic E-state index is 14.2. The number of hydrogen-bond acceptors (Lipinski definition) is 8. The molecule has 0 aromatic rings. The lowest BCUT2D eigenvalue weighted by molar-refractivity contribution is -0.194. The third-order valence-electron chi connectivity index (χ3n) is 10.1. The minimum absolute atomic E-state index is 0.0200. The van der Waals surface area contributed by atoms with Crippen LogP contribution in [-0.4, -0.2) is 47.8 Å². The summed E-state index contributed by atoms with van der Waals surface area (Å²) in [5.41, 5.74) is -2.44. The molecule has 8 atom stereocenters. The van der Waals surface area contributed by atoms with Gasteiger partial charge in [0.15, 0.2) is 11.9 Å². The number of hydrogen-bond donors (Lipinski definition) is 0. The number of ketones is 2. The van der Waals surface area contributed by atoms with Crippen LogP contribution in [0.15, 0.2) is 11.6 Å². The first-order valence-corrected chi connectivity index (χ1v) is 12.8. The molecule has 4 rings (SSSR count). The number of carbonyl (C=O) groups excluding carboxylic acids is 5. The number of esters is 3. The summed E-state index contributed by atoms with van der Waals surface area (Å²) in [5.74, 6) is -2.22. The number of Topliss-reactive ketones (excluding diaryl/α,β-unsaturated/α-hetero) is 2. The zero-order valence-corrected chi connectivity index (χ0v) is 22.6. The van der Waals surface area contributed by atoms with E-state index in [0.29, 0.717) is 12.8 Å². The van der Waals surface area contributed by atoms with Crippen LogP contribution in [0, 0.1) is 33.5 Å². The lowest BCUT2D eigenvalue weighted by atomic mass is 9.37. The maximum atomic E-state index is 14.2. The molecule has 1 aliphatic heterocycles. The van der Waals surface area contributed by atoms with E-state index in [1.54, 1.807) is 6.92 Å². The van der Waals surface area contributed by atoms with Gasteiger partial charge in [-0.2, -0.15) is 0 Å². The Morgan fingerprint density at radius 2 is 1.58 bits per heavy atom. The van der Waals surface area contributed by atoms with Gasteiger partial charge in [0.2, 0.25) is 0 Å². The van der Waals surface area contributed by atoms with Crippen LogP contribution in [0.25, 0.3) is 0 Å². The van der Waals surface area contributed by atoms with Crippen molar-refractivity contribution in [1.29, 1.82) is 0 Å². The summed E-state index contributed by atoms with van der Waals surface area (Å²) in [5, 5.41) is 0. The lowest BCUT2D eigenvalue weighted by Gasteiger charge is -2.64. The van der Waals surface area contributed by atoms with Gasteiger partial charge in [-0.15, -0.1) is 0 Å². The average Bonchev–Trinajstić information content (AvgIpc) is 2.80. The van der Waals surface area contributed by atoms with E-state index in [0.717, 1.165) is 5.57 Å². The van der Waals surface area contributed by atoms with Crippen LogP contribution < -0.4 is 0 Å². The summed E-state index contributed by atoms with van der Waals surface area (Å²) < 4.78 is 16.8. The summed E-state index contributed by atoms with van der Waals surface area (Å²) in [7, 11) is 0. The first kappa shape index (κ1) is 26.6. The first-order chi connectivity index (χ1) is 16.5. The summed E-state index contributed by atoms with van der Waals surface area (Å²) >= 11 is 0. The van der Waals surface area contributed by atoms with Crippen molar-refractivity contribution in [2.24, 2.45) is 33.5 Å². The van der Waals surface area contributed by atoms with E-state index < -0.39 is 57.9 Å². The highest BCUT2D eigenvalue weighted by molar-refractivity contribution is 6.00. The Morgan fingerprint density at radius 1 is 0.972 bits per heavy atom. The van der Waals surface area contributed by atoms with Crippen LogP contribution >= 0.6 is 0 Å². The highest BCUT2D eigenvalue weighted by atomic mass is 16.6. The van der Waals surface area contributed by atoms with Crippen LogP contribution in [0.3, 0.4) is 0 Å². The minimum Gasteiger partial charge on any atom is -0.459 e. The third-order valence-corrected chi connectivity index (χ3v) is 10.1. The van der Waals surface area contributed by atoms with E-state index in [1.807, 2.05) is 34.6 Å². The van der Waals surface area contributed by atoms with E-state index in [9.17, 15) is 24.0 Å². The number of ether oxygens (including phenoxy) is 3. The van der Waals surface area contributed by atoms with E-state index in [-0.39, 0.29) is 36.2 Å². The molecule has 0 aromatic carbocycles. The summed E-state index contributed by atoms with van der Waals surface area (Å²) in [6.07, 6.45) is 0.665. The molecule has 36 heavy (non-hydrogen) atoms. The molecule has 0 spiro atoms. The first-order valence-electron chi connectivity index (χ1n) is 12.8. The van der Waals surface area contributed by atoms with Crippen molar-refractivity contribution in [2.45, 2.75) is 99.4 Å². The summed E-state index contributed by atoms with van der Waals surface area (Å²) in [4.78, 5) is 64.5. The monoisotopic (exact) mass is 502 g/mol. The minimum atomic E-state index is -1.04. The van der Waals surface area contributed by atoms with E-state index in [4.69, 9.17) is 14.2 Å². The molecule has 0 bridgehead atoms. The number of carbonyl (C=O) groups is 5. The van der Waals surface area contributed by atoms with Crippen LogP contribution in [-0.2, 0) is 38.2 Å². The predicted octanol–water partition coefficient (Wildman–Crippen LogP) is 3.74. The molecule has 1 heterocycles. The molecule has 0 N–H and O–H groups in total. The van der Waals surface area contributed by atoms with Crippen molar-refractivity contribution in [3.8, 4) is 0 Å². The molecular weight excluding hydrogens is 464 g/mol. The third kappa shape index (κ3) is 3.50. The van der Waals surface area contributed by atoms with Gasteiger partial charge in [-0.1, -0.05) is 46.3 Å². The van der Waals surface area contributed by atoms with Gasteiger partial charge in [-0.3, -0.25) is 24.0 Å². The Kier molecular flexibility index (Phi) is 6.08. The number of allylic oxidation sites excluding steroid dienone is 1. The Balaban J connectivity index is 1.87. The quantitative estimate of drug-likeness (QED) is 0.319. The Hall–Kier alpha value is -2.51. The van der Waals surface area contributed by atoms with Gasteiger partial charge < -0.3 is 14.2 Å². The molecule has 0 radical (unpaired) electrons. The van der Waals surface area contributed by atoms with Gasteiger partial charge in [0.1, 0.15) is 18.0 Å². The number of cyclic esters (lactones) is 1. The summed E-state index contributed by atoms with van der Waals surface area (Å²) in [6, 6.07) is 0. The molecular formula is C28H38O8. The molecule has 4 aliphatic rings. The normalized spacial score (nSPS) is 43.6. The van der Waals surface area contributed by atoms with Crippen molar-refractivity contribution in [3.05, 3.63) is 11.6 Å². The van der Waals surface area contributed by atoms with Crippen LogP contribution in [0.5, 0.6) is 0 Å². The van der Waals surface area contributed by atoms with Gasteiger partial charge in [0, 0.05) is 36.5 Å². The molecule has 3 fully saturated rings. The molecule has 2 saturated carbocycles. The van der Waals surface area contributed by atoms with Crippen molar-refractivity contribution in [1.82, 2.24) is 0 Å². The fourth-order valence-corrected chi connectivity index (χ4v) is 8.13. The second-order valence-electron chi connectivity index (χ2n) is 12.4. The second kappa shape index (κ2) is 8.25. The van der Waals surface area contributed by atoms with Crippen LogP contribution in [0.2, 0.25) is 0 Å². The fraction of sp³-hybridized carbons (Fsp3) is 0.750. The van der Waals surface area contributed by atoms with Gasteiger partial charge in [-0.25, -0.2) is 0 Å². The molecule has 8 nitrogen and oxygen atoms in total. The number of rotatable bonds is 2. The topological polar surface area (TPSA) is 113 Å². The molecule has 0 amide bonds.